The summed E-state index contributed by atoms with van der Waals surface area (Å²) < 4.78 is 0. The normalized spacial score (nSPS) is 11.2. The molecular weight excluding hydrogens is 278 g/mol. The number of carboxylic acids is 1. The van der Waals surface area contributed by atoms with Gasteiger partial charge in [0.1, 0.15) is 0 Å². The van der Waals surface area contributed by atoms with Crippen LogP contribution in [0.2, 0.25) is 5.02 Å². The van der Waals surface area contributed by atoms with Crippen LogP contribution < -0.4 is 5.32 Å². The molecule has 20 heavy (non-hydrogen) atoms. The molecule has 0 spiro atoms. The molecule has 0 aliphatic rings. The standard InChI is InChI=1S/C15H20ClNO3/c1-4-15(5-2,14(19)20)9-17-13(18)11-7-6-10(3)12(16)8-11/h6-8H,4-5,9H2,1-3H3,(H,17,18)(H,19,20). The monoisotopic (exact) mass is 297 g/mol. The molecule has 0 fully saturated rings. The van der Waals surface area contributed by atoms with Crippen molar-refractivity contribution < 1.29 is 14.7 Å². The molecule has 0 heterocycles. The Balaban J connectivity index is 2.80. The fraction of sp³-hybridized carbons (Fsp3) is 0.467. The number of carbonyl (C=O) groups excluding carboxylic acids is 1. The van der Waals surface area contributed by atoms with Gasteiger partial charge in [-0.1, -0.05) is 31.5 Å². The average Bonchev–Trinajstić information content (AvgIpc) is 2.43. The number of halogens is 1. The highest BCUT2D eigenvalue weighted by atomic mass is 35.5. The molecule has 0 radical (unpaired) electrons. The van der Waals surface area contributed by atoms with Crippen LogP contribution in [-0.4, -0.2) is 23.5 Å². The first kappa shape index (κ1) is 16.5. The van der Waals surface area contributed by atoms with Crippen LogP contribution in [0.15, 0.2) is 18.2 Å². The zero-order chi connectivity index (χ0) is 15.3. The maximum absolute atomic E-state index is 12.0. The molecule has 0 atom stereocenters. The summed E-state index contributed by atoms with van der Waals surface area (Å²) in [5.74, 6) is -1.19. The van der Waals surface area contributed by atoms with Crippen molar-refractivity contribution in [1.82, 2.24) is 5.32 Å². The van der Waals surface area contributed by atoms with E-state index in [2.05, 4.69) is 5.32 Å². The first-order valence-corrected chi connectivity index (χ1v) is 7.02. The summed E-state index contributed by atoms with van der Waals surface area (Å²) in [5, 5.41) is 12.5. The van der Waals surface area contributed by atoms with Gasteiger partial charge in [-0.25, -0.2) is 0 Å². The van der Waals surface area contributed by atoms with Crippen LogP contribution in [0, 0.1) is 12.3 Å². The van der Waals surface area contributed by atoms with Gasteiger partial charge in [-0.2, -0.15) is 0 Å². The van der Waals surface area contributed by atoms with Crippen LogP contribution in [0.3, 0.4) is 0 Å². The van der Waals surface area contributed by atoms with E-state index in [-0.39, 0.29) is 12.5 Å². The summed E-state index contributed by atoms with van der Waals surface area (Å²) in [6, 6.07) is 5.03. The maximum atomic E-state index is 12.0. The third-order valence-corrected chi connectivity index (χ3v) is 4.24. The molecule has 0 bridgehead atoms. The van der Waals surface area contributed by atoms with Crippen LogP contribution in [0.1, 0.15) is 42.6 Å². The van der Waals surface area contributed by atoms with Gasteiger partial charge < -0.3 is 10.4 Å². The smallest absolute Gasteiger partial charge is 0.311 e. The Morgan fingerprint density at radius 3 is 2.35 bits per heavy atom. The van der Waals surface area contributed by atoms with Gasteiger partial charge in [0.05, 0.1) is 5.41 Å². The quantitative estimate of drug-likeness (QED) is 0.847. The molecule has 1 rings (SSSR count). The van der Waals surface area contributed by atoms with Gasteiger partial charge in [0.15, 0.2) is 0 Å². The van der Waals surface area contributed by atoms with Crippen molar-refractivity contribution in [1.29, 1.82) is 0 Å². The predicted molar refractivity (Wildman–Crippen MR) is 79.2 cm³/mol. The van der Waals surface area contributed by atoms with Crippen LogP contribution in [0.25, 0.3) is 0 Å². The molecule has 0 saturated carbocycles. The minimum atomic E-state index is -0.913. The second-order valence-corrected chi connectivity index (χ2v) is 5.35. The summed E-state index contributed by atoms with van der Waals surface area (Å²) in [6.07, 6.45) is 0.932. The van der Waals surface area contributed by atoms with E-state index >= 15 is 0 Å². The van der Waals surface area contributed by atoms with E-state index in [1.165, 1.54) is 0 Å². The molecular formula is C15H20ClNO3. The van der Waals surface area contributed by atoms with Gasteiger partial charge in [-0.05, 0) is 37.5 Å². The van der Waals surface area contributed by atoms with Crippen LogP contribution in [0.4, 0.5) is 0 Å². The lowest BCUT2D eigenvalue weighted by Gasteiger charge is -2.26. The Kier molecular flexibility index (Phi) is 5.57. The van der Waals surface area contributed by atoms with E-state index in [1.807, 2.05) is 20.8 Å². The number of benzene rings is 1. The highest BCUT2D eigenvalue weighted by Crippen LogP contribution is 2.26. The van der Waals surface area contributed by atoms with Crippen molar-refractivity contribution >= 4 is 23.5 Å². The molecule has 0 unspecified atom stereocenters. The third-order valence-electron chi connectivity index (χ3n) is 3.83. The zero-order valence-electron chi connectivity index (χ0n) is 12.0. The number of carbonyl (C=O) groups is 2. The molecule has 0 saturated heterocycles. The number of aryl methyl sites for hydroxylation is 1. The molecule has 1 amide bonds. The zero-order valence-corrected chi connectivity index (χ0v) is 12.8. The second kappa shape index (κ2) is 6.75. The summed E-state index contributed by atoms with van der Waals surface area (Å²) in [6.45, 7) is 5.59. The second-order valence-electron chi connectivity index (χ2n) is 4.94. The van der Waals surface area contributed by atoms with E-state index in [9.17, 15) is 14.7 Å². The van der Waals surface area contributed by atoms with Crippen molar-refractivity contribution in [2.24, 2.45) is 5.41 Å². The van der Waals surface area contributed by atoms with Gasteiger partial charge in [-0.15, -0.1) is 0 Å². The fourth-order valence-corrected chi connectivity index (χ4v) is 2.14. The summed E-state index contributed by atoms with van der Waals surface area (Å²) in [7, 11) is 0. The molecule has 1 aromatic carbocycles. The Morgan fingerprint density at radius 2 is 1.90 bits per heavy atom. The first-order chi connectivity index (χ1) is 9.36. The minimum Gasteiger partial charge on any atom is -0.481 e. The number of amides is 1. The number of nitrogens with one attached hydrogen (secondary N) is 1. The van der Waals surface area contributed by atoms with E-state index in [0.29, 0.717) is 23.4 Å². The molecule has 0 aliphatic heterocycles. The average molecular weight is 298 g/mol. The van der Waals surface area contributed by atoms with Crippen molar-refractivity contribution in [2.45, 2.75) is 33.6 Å². The van der Waals surface area contributed by atoms with Gasteiger partial charge in [0.25, 0.3) is 5.91 Å². The number of hydrogen-bond acceptors (Lipinski definition) is 2. The highest BCUT2D eigenvalue weighted by Gasteiger charge is 2.35. The lowest BCUT2D eigenvalue weighted by atomic mass is 9.82. The molecule has 0 aliphatic carbocycles. The Morgan fingerprint density at radius 1 is 1.30 bits per heavy atom. The SMILES string of the molecule is CCC(CC)(CNC(=O)c1ccc(C)c(Cl)c1)C(=O)O. The molecule has 4 nitrogen and oxygen atoms in total. The van der Waals surface area contributed by atoms with E-state index < -0.39 is 11.4 Å². The summed E-state index contributed by atoms with van der Waals surface area (Å²) in [5.41, 5.74) is 0.418. The lowest BCUT2D eigenvalue weighted by Crippen LogP contribution is -2.42. The van der Waals surface area contributed by atoms with Crippen LogP contribution in [-0.2, 0) is 4.79 Å². The Labute approximate surface area is 124 Å². The van der Waals surface area contributed by atoms with Crippen LogP contribution >= 0.6 is 11.6 Å². The topological polar surface area (TPSA) is 66.4 Å². The Bertz CT molecular complexity index is 510. The molecule has 110 valence electrons. The minimum absolute atomic E-state index is 0.111. The third kappa shape index (κ3) is 3.51. The highest BCUT2D eigenvalue weighted by molar-refractivity contribution is 6.31. The van der Waals surface area contributed by atoms with E-state index in [0.717, 1.165) is 5.56 Å². The van der Waals surface area contributed by atoms with E-state index in [4.69, 9.17) is 11.6 Å². The van der Waals surface area contributed by atoms with Gasteiger partial charge >= 0.3 is 5.97 Å². The van der Waals surface area contributed by atoms with Crippen molar-refractivity contribution in [3.05, 3.63) is 34.3 Å². The van der Waals surface area contributed by atoms with Crippen LogP contribution in [0.5, 0.6) is 0 Å². The van der Waals surface area contributed by atoms with E-state index in [1.54, 1.807) is 18.2 Å². The Hall–Kier alpha value is -1.55. The number of rotatable bonds is 6. The maximum Gasteiger partial charge on any atom is 0.311 e. The van der Waals surface area contributed by atoms with Crippen molar-refractivity contribution in [3.8, 4) is 0 Å². The lowest BCUT2D eigenvalue weighted by molar-refractivity contribution is -0.149. The number of carboxylic acid groups (broad SMARTS) is 1. The molecule has 0 aromatic heterocycles. The predicted octanol–water partition coefficient (Wildman–Crippen LogP) is 3.27. The largest absolute Gasteiger partial charge is 0.481 e. The number of hydrogen-bond donors (Lipinski definition) is 2. The first-order valence-electron chi connectivity index (χ1n) is 6.64. The van der Waals surface area contributed by atoms with Crippen molar-refractivity contribution in [2.75, 3.05) is 6.54 Å². The van der Waals surface area contributed by atoms with Gasteiger partial charge in [0.2, 0.25) is 0 Å². The number of aliphatic carboxylic acids is 1. The van der Waals surface area contributed by atoms with Gasteiger partial charge in [-0.3, -0.25) is 9.59 Å². The summed E-state index contributed by atoms with van der Waals surface area (Å²) >= 11 is 5.98. The van der Waals surface area contributed by atoms with Crippen molar-refractivity contribution in [3.63, 3.8) is 0 Å². The fourth-order valence-electron chi connectivity index (χ4n) is 1.96. The van der Waals surface area contributed by atoms with Gasteiger partial charge in [0, 0.05) is 17.1 Å². The molecule has 1 aromatic rings. The summed E-state index contributed by atoms with van der Waals surface area (Å²) in [4.78, 5) is 23.4. The molecule has 5 heteroatoms. The molecule has 2 N–H and O–H groups in total.